The molecule has 5 nitrogen and oxygen atoms in total. The third-order valence-corrected chi connectivity index (χ3v) is 4.15. The molecule has 1 aromatic heterocycles. The van der Waals surface area contributed by atoms with Crippen LogP contribution in [0.1, 0.15) is 39.5 Å². The molecule has 2 rings (SSSR count). The standard InChI is InChI=1S/C19H29N3O2.HI/c1-13(16-11-14-9-7-8-10-15(14)24-16)22-18(20-5)21-12-17(23-6)19(2,3)4;/h7-11,13,17H,12H2,1-6H3,(H2,20,21,22);1H. The molecule has 0 saturated carbocycles. The van der Waals surface area contributed by atoms with Gasteiger partial charge >= 0.3 is 0 Å². The number of ether oxygens (including phenoxy) is 1. The van der Waals surface area contributed by atoms with E-state index < -0.39 is 0 Å². The molecule has 0 aliphatic rings. The Morgan fingerprint density at radius 2 is 1.96 bits per heavy atom. The van der Waals surface area contributed by atoms with Crippen molar-refractivity contribution in [1.29, 1.82) is 0 Å². The van der Waals surface area contributed by atoms with E-state index in [9.17, 15) is 0 Å². The van der Waals surface area contributed by atoms with Gasteiger partial charge in [0.25, 0.3) is 0 Å². The molecule has 2 atom stereocenters. The highest BCUT2D eigenvalue weighted by Gasteiger charge is 2.24. The average molecular weight is 459 g/mol. The van der Waals surface area contributed by atoms with Crippen molar-refractivity contribution in [3.05, 3.63) is 36.1 Å². The normalized spacial score (nSPS) is 14.7. The largest absolute Gasteiger partial charge is 0.459 e. The molecule has 0 aliphatic heterocycles. The molecular formula is C19H30IN3O2. The number of aliphatic imine (C=N–C) groups is 1. The lowest BCUT2D eigenvalue weighted by Gasteiger charge is -2.30. The molecule has 0 saturated heterocycles. The topological polar surface area (TPSA) is 58.8 Å². The van der Waals surface area contributed by atoms with Crippen LogP contribution in [-0.2, 0) is 4.74 Å². The summed E-state index contributed by atoms with van der Waals surface area (Å²) < 4.78 is 11.5. The Morgan fingerprint density at radius 3 is 2.52 bits per heavy atom. The molecule has 0 bridgehead atoms. The van der Waals surface area contributed by atoms with Crippen molar-refractivity contribution in [3.8, 4) is 0 Å². The van der Waals surface area contributed by atoms with Crippen LogP contribution in [0, 0.1) is 5.41 Å². The summed E-state index contributed by atoms with van der Waals surface area (Å²) in [6, 6.07) is 10.1. The maximum Gasteiger partial charge on any atom is 0.191 e. The minimum Gasteiger partial charge on any atom is -0.459 e. The first-order chi connectivity index (χ1) is 11.3. The average Bonchev–Trinajstić information content (AvgIpc) is 2.97. The quantitative estimate of drug-likeness (QED) is 0.397. The predicted octanol–water partition coefficient (Wildman–Crippen LogP) is 4.34. The van der Waals surface area contributed by atoms with Crippen molar-refractivity contribution in [2.45, 2.75) is 39.8 Å². The lowest BCUT2D eigenvalue weighted by Crippen LogP contribution is -2.45. The second-order valence-corrected chi connectivity index (χ2v) is 7.10. The van der Waals surface area contributed by atoms with Gasteiger partial charge in [-0.15, -0.1) is 24.0 Å². The van der Waals surface area contributed by atoms with E-state index in [4.69, 9.17) is 9.15 Å². The van der Waals surface area contributed by atoms with Gasteiger partial charge in [-0.1, -0.05) is 39.0 Å². The van der Waals surface area contributed by atoms with E-state index in [1.165, 1.54) is 0 Å². The van der Waals surface area contributed by atoms with Gasteiger partial charge in [-0.3, -0.25) is 4.99 Å². The second-order valence-electron chi connectivity index (χ2n) is 7.10. The first-order valence-electron chi connectivity index (χ1n) is 8.33. The van der Waals surface area contributed by atoms with Crippen LogP contribution >= 0.6 is 24.0 Å². The van der Waals surface area contributed by atoms with Crippen LogP contribution in [0.3, 0.4) is 0 Å². The lowest BCUT2D eigenvalue weighted by molar-refractivity contribution is 0.0205. The summed E-state index contributed by atoms with van der Waals surface area (Å²) in [5.74, 6) is 1.62. The number of furan rings is 1. The van der Waals surface area contributed by atoms with Crippen LogP contribution in [0.25, 0.3) is 11.0 Å². The zero-order valence-electron chi connectivity index (χ0n) is 15.9. The Morgan fingerprint density at radius 1 is 1.28 bits per heavy atom. The number of fused-ring (bicyclic) bond motifs is 1. The number of benzene rings is 1. The Balaban J connectivity index is 0.00000312. The van der Waals surface area contributed by atoms with E-state index in [1.54, 1.807) is 14.2 Å². The van der Waals surface area contributed by atoms with Gasteiger partial charge in [0.05, 0.1) is 12.1 Å². The summed E-state index contributed by atoms with van der Waals surface area (Å²) in [5, 5.41) is 7.81. The third-order valence-electron chi connectivity index (χ3n) is 4.15. The van der Waals surface area contributed by atoms with Crippen LogP contribution in [0.5, 0.6) is 0 Å². The van der Waals surface area contributed by atoms with Gasteiger partial charge in [0.1, 0.15) is 11.3 Å². The van der Waals surface area contributed by atoms with Gasteiger partial charge in [-0.25, -0.2) is 0 Å². The number of nitrogens with one attached hydrogen (secondary N) is 2. The highest BCUT2D eigenvalue weighted by Crippen LogP contribution is 2.23. The fraction of sp³-hybridized carbons (Fsp3) is 0.526. The molecule has 0 radical (unpaired) electrons. The highest BCUT2D eigenvalue weighted by atomic mass is 127. The van der Waals surface area contributed by atoms with E-state index >= 15 is 0 Å². The molecule has 0 aliphatic carbocycles. The molecule has 0 fully saturated rings. The van der Waals surface area contributed by atoms with Gasteiger partial charge in [-0.05, 0) is 24.5 Å². The summed E-state index contributed by atoms with van der Waals surface area (Å²) in [5.41, 5.74) is 0.960. The third kappa shape index (κ3) is 5.88. The second kappa shape index (κ2) is 9.43. The van der Waals surface area contributed by atoms with Crippen molar-refractivity contribution in [2.75, 3.05) is 20.7 Å². The Bertz CT molecular complexity index is 658. The number of nitrogens with zero attached hydrogens (tertiary/aromatic N) is 1. The van der Waals surface area contributed by atoms with Gasteiger partial charge in [0.15, 0.2) is 5.96 Å². The fourth-order valence-electron chi connectivity index (χ4n) is 2.62. The van der Waals surface area contributed by atoms with Gasteiger partial charge < -0.3 is 19.8 Å². The van der Waals surface area contributed by atoms with E-state index in [1.807, 2.05) is 18.2 Å². The monoisotopic (exact) mass is 459 g/mol. The van der Waals surface area contributed by atoms with Crippen molar-refractivity contribution in [3.63, 3.8) is 0 Å². The Kier molecular flexibility index (Phi) is 8.21. The van der Waals surface area contributed by atoms with Crippen molar-refractivity contribution in [2.24, 2.45) is 10.4 Å². The van der Waals surface area contributed by atoms with Crippen LogP contribution in [0.4, 0.5) is 0 Å². The molecule has 2 aromatic rings. The molecule has 1 aromatic carbocycles. The van der Waals surface area contributed by atoms with Crippen LogP contribution in [-0.4, -0.2) is 32.8 Å². The molecule has 0 spiro atoms. The highest BCUT2D eigenvalue weighted by molar-refractivity contribution is 14.0. The Labute approximate surface area is 167 Å². The lowest BCUT2D eigenvalue weighted by atomic mass is 9.89. The summed E-state index contributed by atoms with van der Waals surface area (Å²) in [7, 11) is 3.50. The molecule has 1 heterocycles. The summed E-state index contributed by atoms with van der Waals surface area (Å²) >= 11 is 0. The molecule has 25 heavy (non-hydrogen) atoms. The van der Waals surface area contributed by atoms with Crippen LogP contribution in [0.15, 0.2) is 39.7 Å². The minimum atomic E-state index is 0. The van der Waals surface area contributed by atoms with E-state index in [0.717, 1.165) is 22.7 Å². The summed E-state index contributed by atoms with van der Waals surface area (Å²) in [6.07, 6.45) is 0.0950. The van der Waals surface area contributed by atoms with E-state index in [-0.39, 0.29) is 41.5 Å². The molecule has 0 amide bonds. The Hall–Kier alpha value is -1.28. The number of guanidine groups is 1. The van der Waals surface area contributed by atoms with Gasteiger partial charge in [0, 0.05) is 26.1 Å². The molecule has 6 heteroatoms. The fourth-order valence-corrected chi connectivity index (χ4v) is 2.62. The number of hydrogen-bond acceptors (Lipinski definition) is 3. The zero-order chi connectivity index (χ0) is 17.7. The number of hydrogen-bond donors (Lipinski definition) is 2. The number of methoxy groups -OCH3 is 1. The summed E-state index contributed by atoms with van der Waals surface area (Å²) in [4.78, 5) is 4.29. The van der Waals surface area contributed by atoms with Crippen molar-refractivity contribution < 1.29 is 9.15 Å². The number of para-hydroxylation sites is 1. The van der Waals surface area contributed by atoms with Crippen LogP contribution < -0.4 is 10.6 Å². The maximum atomic E-state index is 5.91. The van der Waals surface area contributed by atoms with Gasteiger partial charge in [-0.2, -0.15) is 0 Å². The number of rotatable bonds is 5. The van der Waals surface area contributed by atoms with Crippen LogP contribution in [0.2, 0.25) is 0 Å². The van der Waals surface area contributed by atoms with Gasteiger partial charge in [0.2, 0.25) is 0 Å². The first kappa shape index (κ1) is 21.8. The smallest absolute Gasteiger partial charge is 0.191 e. The molecule has 2 unspecified atom stereocenters. The van der Waals surface area contributed by atoms with Crippen molar-refractivity contribution in [1.82, 2.24) is 10.6 Å². The minimum absolute atomic E-state index is 0. The van der Waals surface area contributed by atoms with Crippen molar-refractivity contribution >= 4 is 40.9 Å². The SMILES string of the molecule is CN=C(NCC(OC)C(C)(C)C)NC(C)c1cc2ccccc2o1.I. The van der Waals surface area contributed by atoms with E-state index in [0.29, 0.717) is 6.54 Å². The predicted molar refractivity (Wildman–Crippen MR) is 115 cm³/mol. The molecule has 140 valence electrons. The number of halogens is 1. The van der Waals surface area contributed by atoms with E-state index in [2.05, 4.69) is 55.5 Å². The maximum absolute atomic E-state index is 5.91. The summed E-state index contributed by atoms with van der Waals surface area (Å²) in [6.45, 7) is 9.23. The zero-order valence-corrected chi connectivity index (χ0v) is 18.3. The molecular weight excluding hydrogens is 429 g/mol. The first-order valence-corrected chi connectivity index (χ1v) is 8.33. The molecule has 2 N–H and O–H groups in total.